The maximum Gasteiger partial charge on any atom is 0.0962 e. The first-order chi connectivity index (χ1) is 8.75. The molecule has 2 saturated carbocycles. The molecule has 3 heteroatoms. The molecule has 0 atom stereocenters. The molecule has 18 heavy (non-hydrogen) atoms. The number of thiazole rings is 1. The minimum Gasteiger partial charge on any atom is -0.319 e. The zero-order valence-electron chi connectivity index (χ0n) is 11.6. The molecule has 0 bridgehead atoms. The lowest BCUT2D eigenvalue weighted by Gasteiger charge is -2.41. The van der Waals surface area contributed by atoms with Crippen LogP contribution in [0.3, 0.4) is 0 Å². The van der Waals surface area contributed by atoms with Gasteiger partial charge in [0.15, 0.2) is 0 Å². The van der Waals surface area contributed by atoms with Crippen LogP contribution < -0.4 is 5.32 Å². The fourth-order valence-corrected chi connectivity index (χ4v) is 5.16. The summed E-state index contributed by atoms with van der Waals surface area (Å²) in [7, 11) is 2.08. The van der Waals surface area contributed by atoms with Crippen LogP contribution in [0.2, 0.25) is 0 Å². The van der Waals surface area contributed by atoms with Crippen molar-refractivity contribution in [3.63, 3.8) is 0 Å². The van der Waals surface area contributed by atoms with Gasteiger partial charge in [0, 0.05) is 22.8 Å². The summed E-state index contributed by atoms with van der Waals surface area (Å²) in [6.07, 6.45) is 9.62. The van der Waals surface area contributed by atoms with Crippen LogP contribution in [0.15, 0.2) is 0 Å². The van der Waals surface area contributed by atoms with Crippen LogP contribution in [0.4, 0.5) is 0 Å². The van der Waals surface area contributed by atoms with Crippen molar-refractivity contribution in [1.29, 1.82) is 0 Å². The molecule has 0 spiro atoms. The number of nitrogens with zero attached hydrogens (tertiary/aromatic N) is 1. The molecule has 2 fully saturated rings. The van der Waals surface area contributed by atoms with Gasteiger partial charge in [-0.2, -0.15) is 0 Å². The van der Waals surface area contributed by atoms with E-state index in [1.807, 2.05) is 11.3 Å². The number of aromatic nitrogens is 1. The van der Waals surface area contributed by atoms with Gasteiger partial charge >= 0.3 is 0 Å². The van der Waals surface area contributed by atoms with E-state index in [0.29, 0.717) is 5.41 Å². The summed E-state index contributed by atoms with van der Waals surface area (Å²) in [5.41, 5.74) is 1.74. The van der Waals surface area contributed by atoms with Gasteiger partial charge in [-0.25, -0.2) is 4.98 Å². The molecule has 1 aromatic rings. The molecule has 2 aliphatic rings. The second-order valence-electron chi connectivity index (χ2n) is 6.11. The van der Waals surface area contributed by atoms with Crippen molar-refractivity contribution >= 4 is 11.3 Å². The van der Waals surface area contributed by atoms with Crippen molar-refractivity contribution in [3.8, 4) is 0 Å². The highest BCUT2D eigenvalue weighted by molar-refractivity contribution is 7.12. The van der Waals surface area contributed by atoms with Crippen molar-refractivity contribution < 1.29 is 0 Å². The highest BCUT2D eigenvalue weighted by Gasteiger charge is 2.41. The van der Waals surface area contributed by atoms with Crippen molar-refractivity contribution in [1.82, 2.24) is 10.3 Å². The molecule has 1 heterocycles. The summed E-state index contributed by atoms with van der Waals surface area (Å²) in [5, 5.41) is 4.83. The van der Waals surface area contributed by atoms with E-state index >= 15 is 0 Å². The van der Waals surface area contributed by atoms with Gasteiger partial charge in [-0.05, 0) is 39.7 Å². The number of nitrogens with one attached hydrogen (secondary N) is 1. The third kappa shape index (κ3) is 2.01. The third-order valence-corrected chi connectivity index (χ3v) is 6.39. The average Bonchev–Trinajstić information content (AvgIpc) is 2.92. The first-order valence-electron chi connectivity index (χ1n) is 7.37. The quantitative estimate of drug-likeness (QED) is 0.896. The smallest absolute Gasteiger partial charge is 0.0962 e. The Morgan fingerprint density at radius 2 is 2.00 bits per heavy atom. The van der Waals surface area contributed by atoms with Crippen molar-refractivity contribution in [2.45, 2.75) is 63.2 Å². The van der Waals surface area contributed by atoms with Crippen molar-refractivity contribution in [2.75, 3.05) is 13.6 Å². The van der Waals surface area contributed by atoms with Crippen LogP contribution >= 0.6 is 11.3 Å². The topological polar surface area (TPSA) is 24.9 Å². The molecule has 1 aromatic heterocycles. The van der Waals surface area contributed by atoms with Crippen LogP contribution in [0, 0.1) is 6.92 Å². The molecule has 0 aromatic carbocycles. The van der Waals surface area contributed by atoms with E-state index in [2.05, 4.69) is 19.3 Å². The highest BCUT2D eigenvalue weighted by atomic mass is 32.1. The Morgan fingerprint density at radius 1 is 1.28 bits per heavy atom. The van der Waals surface area contributed by atoms with Crippen LogP contribution in [-0.4, -0.2) is 18.6 Å². The van der Waals surface area contributed by atoms with Crippen LogP contribution in [-0.2, 0) is 5.41 Å². The lowest BCUT2D eigenvalue weighted by atomic mass is 9.67. The van der Waals surface area contributed by atoms with E-state index < -0.39 is 0 Å². The molecule has 0 saturated heterocycles. The summed E-state index contributed by atoms with van der Waals surface area (Å²) in [6, 6.07) is 0. The molecule has 0 aliphatic heterocycles. The molecule has 0 unspecified atom stereocenters. The minimum absolute atomic E-state index is 0.424. The normalized spacial score (nSPS) is 23.2. The Bertz CT molecular complexity index is 414. The van der Waals surface area contributed by atoms with E-state index in [9.17, 15) is 0 Å². The van der Waals surface area contributed by atoms with E-state index in [0.717, 1.165) is 12.5 Å². The summed E-state index contributed by atoms with van der Waals surface area (Å²) in [6.45, 7) is 3.35. The van der Waals surface area contributed by atoms with Gasteiger partial charge in [-0.1, -0.05) is 19.3 Å². The van der Waals surface area contributed by atoms with Crippen LogP contribution in [0.5, 0.6) is 0 Å². The van der Waals surface area contributed by atoms with Gasteiger partial charge in [0.25, 0.3) is 0 Å². The molecule has 0 amide bonds. The highest BCUT2D eigenvalue weighted by Crippen LogP contribution is 2.48. The predicted octanol–water partition coefficient (Wildman–Crippen LogP) is 3.75. The Hall–Kier alpha value is -0.410. The van der Waals surface area contributed by atoms with Crippen LogP contribution in [0.1, 0.15) is 66.4 Å². The molecule has 1 N–H and O–H groups in total. The fourth-order valence-electron chi connectivity index (χ4n) is 3.68. The summed E-state index contributed by atoms with van der Waals surface area (Å²) >= 11 is 2.03. The molecule has 0 radical (unpaired) electrons. The SMILES string of the molecule is CNCC1(c2sc(C3CCCC3)nc2C)CCC1. The first-order valence-corrected chi connectivity index (χ1v) is 8.19. The lowest BCUT2D eigenvalue weighted by molar-refractivity contribution is 0.243. The summed E-state index contributed by atoms with van der Waals surface area (Å²) < 4.78 is 0. The molecule has 3 rings (SSSR count). The number of rotatable bonds is 4. The zero-order chi connectivity index (χ0) is 12.6. The predicted molar refractivity (Wildman–Crippen MR) is 77.5 cm³/mol. The van der Waals surface area contributed by atoms with E-state index in [1.54, 1.807) is 4.88 Å². The number of likely N-dealkylation sites (N-methyl/N-ethyl adjacent to an activating group) is 1. The van der Waals surface area contributed by atoms with E-state index in [1.165, 1.54) is 55.6 Å². The van der Waals surface area contributed by atoms with Gasteiger partial charge in [-0.15, -0.1) is 11.3 Å². The second kappa shape index (κ2) is 4.93. The molecular formula is C15H24N2S. The molecule has 2 aliphatic carbocycles. The lowest BCUT2D eigenvalue weighted by Crippen LogP contribution is -2.42. The number of hydrogen-bond donors (Lipinski definition) is 1. The number of aryl methyl sites for hydroxylation is 1. The van der Waals surface area contributed by atoms with Crippen molar-refractivity contribution in [2.24, 2.45) is 0 Å². The first kappa shape index (κ1) is 12.6. The molecular weight excluding hydrogens is 240 g/mol. The Balaban J connectivity index is 1.87. The monoisotopic (exact) mass is 264 g/mol. The number of hydrogen-bond acceptors (Lipinski definition) is 3. The Labute approximate surface area is 114 Å². The average molecular weight is 264 g/mol. The van der Waals surface area contributed by atoms with Gasteiger partial charge in [-0.3, -0.25) is 0 Å². The van der Waals surface area contributed by atoms with Gasteiger partial charge in [0.1, 0.15) is 0 Å². The summed E-state index contributed by atoms with van der Waals surface area (Å²) in [5.74, 6) is 0.772. The molecule has 100 valence electrons. The maximum atomic E-state index is 4.91. The molecule has 2 nitrogen and oxygen atoms in total. The van der Waals surface area contributed by atoms with Gasteiger partial charge in [0.2, 0.25) is 0 Å². The van der Waals surface area contributed by atoms with Gasteiger partial charge < -0.3 is 5.32 Å². The maximum absolute atomic E-state index is 4.91. The second-order valence-corrected chi connectivity index (χ2v) is 7.14. The standard InChI is InChI=1S/C15H24N2S/c1-11-13(15(10-16-2)8-5-9-15)18-14(17-11)12-6-3-4-7-12/h12,16H,3-10H2,1-2H3. The summed E-state index contributed by atoms with van der Waals surface area (Å²) in [4.78, 5) is 6.50. The fraction of sp³-hybridized carbons (Fsp3) is 0.800. The van der Waals surface area contributed by atoms with Crippen molar-refractivity contribution in [3.05, 3.63) is 15.6 Å². The largest absolute Gasteiger partial charge is 0.319 e. The zero-order valence-corrected chi connectivity index (χ0v) is 12.4. The van der Waals surface area contributed by atoms with E-state index in [4.69, 9.17) is 4.98 Å². The third-order valence-electron chi connectivity index (χ3n) is 4.83. The minimum atomic E-state index is 0.424. The Kier molecular flexibility index (Phi) is 3.46. The Morgan fingerprint density at radius 3 is 2.56 bits per heavy atom. The van der Waals surface area contributed by atoms with E-state index in [-0.39, 0.29) is 0 Å². The van der Waals surface area contributed by atoms with Gasteiger partial charge in [0.05, 0.1) is 10.7 Å². The van der Waals surface area contributed by atoms with Crippen LogP contribution in [0.25, 0.3) is 0 Å².